The first-order chi connectivity index (χ1) is 32.2. The van der Waals surface area contributed by atoms with Crippen LogP contribution in [0, 0.1) is 17.9 Å². The highest BCUT2D eigenvalue weighted by Gasteiger charge is 2.28. The van der Waals surface area contributed by atoms with Crippen LogP contribution in [-0.4, -0.2) is 107 Å². The van der Waals surface area contributed by atoms with E-state index in [9.17, 15) is 32.9 Å². The number of ether oxygens (including phenoxy) is 2. The molecule has 0 unspecified atom stereocenters. The molecule has 0 saturated carbocycles. The van der Waals surface area contributed by atoms with Crippen molar-refractivity contribution in [1.29, 1.82) is 5.26 Å². The minimum atomic E-state index is -4.97. The normalized spacial score (nSPS) is 11.0. The van der Waals surface area contributed by atoms with Gasteiger partial charge in [0.15, 0.2) is 22.7 Å². The molecule has 3 heterocycles. The average Bonchev–Trinajstić information content (AvgIpc) is 3.92. The van der Waals surface area contributed by atoms with Crippen LogP contribution in [0.4, 0.5) is 61.7 Å². The number of nitrogens with one attached hydrogen (secondary N) is 2. The molecule has 23 nitrogen and oxygen atoms in total. The fourth-order valence-electron chi connectivity index (χ4n) is 6.06. The van der Waals surface area contributed by atoms with Crippen molar-refractivity contribution < 1.29 is 45.6 Å². The van der Waals surface area contributed by atoms with Gasteiger partial charge in [0.05, 0.1) is 59.9 Å². The third-order valence-corrected chi connectivity index (χ3v) is 12.9. The number of azo groups is 2. The first-order valence-corrected chi connectivity index (χ1v) is 24.2. The molecule has 0 spiro atoms. The van der Waals surface area contributed by atoms with Crippen molar-refractivity contribution in [3.63, 3.8) is 0 Å². The summed E-state index contributed by atoms with van der Waals surface area (Å²) >= 11 is 1.96. The Labute approximate surface area is 400 Å². The average molecular weight is 1010 g/mol. The lowest BCUT2D eigenvalue weighted by Gasteiger charge is -2.25. The second-order valence-corrected chi connectivity index (χ2v) is 17.4. The summed E-state index contributed by atoms with van der Waals surface area (Å²) < 4.78 is 62.1. The van der Waals surface area contributed by atoms with Crippen LogP contribution in [0.3, 0.4) is 0 Å². The number of methoxy groups -OCH3 is 2. The zero-order chi connectivity index (χ0) is 49.3. The molecule has 0 saturated heterocycles. The number of aliphatic hydroxyl groups excluding tert-OH is 1. The van der Waals surface area contributed by atoms with E-state index in [4.69, 9.17) is 24.5 Å². The van der Waals surface area contributed by atoms with E-state index >= 15 is 0 Å². The Hall–Kier alpha value is -6.79. The first-order valence-electron chi connectivity index (χ1n) is 19.4. The molecule has 2 aromatic carbocycles. The van der Waals surface area contributed by atoms with Crippen LogP contribution in [0.15, 0.2) is 60.8 Å². The van der Waals surface area contributed by atoms with Gasteiger partial charge in [0.2, 0.25) is 17.6 Å². The largest absolute Gasteiger partial charge is 0.494 e. The van der Waals surface area contributed by atoms with Gasteiger partial charge in [-0.3, -0.25) is 14.1 Å². The lowest BCUT2D eigenvalue weighted by atomic mass is 10.2. The molecular formula is C39H41N13O10S5. The number of aliphatic hydroxyl groups is 1. The molecule has 28 heteroatoms. The summed E-state index contributed by atoms with van der Waals surface area (Å²) in [5.41, 5.74) is 1.98. The van der Waals surface area contributed by atoms with Gasteiger partial charge in [0.25, 0.3) is 10.1 Å². The number of thiophene rings is 2. The highest BCUT2D eigenvalue weighted by molar-refractivity contribution is 7.99. The van der Waals surface area contributed by atoms with E-state index in [0.29, 0.717) is 77.2 Å². The minimum Gasteiger partial charge on any atom is -0.494 e. The Balaban J connectivity index is 0.00000318. The molecule has 0 radical (unpaired) electrons. The molecule has 4 N–H and O–H groups in total. The van der Waals surface area contributed by atoms with E-state index in [2.05, 4.69) is 55.8 Å². The number of carbonyl (C=O) groups is 2. The molecule has 0 aliphatic rings. The Morgan fingerprint density at radius 2 is 1.34 bits per heavy atom. The summed E-state index contributed by atoms with van der Waals surface area (Å²) in [5.74, 6) is 1.13. The second kappa shape index (κ2) is 25.2. The van der Waals surface area contributed by atoms with E-state index in [-0.39, 0.29) is 68.5 Å². The van der Waals surface area contributed by atoms with Gasteiger partial charge < -0.3 is 35.0 Å². The number of carbonyl (C=O) groups excluding carboxylic acids is 2. The molecule has 67 heavy (non-hydrogen) atoms. The fourth-order valence-corrected chi connectivity index (χ4v) is 9.36. The number of rotatable bonds is 22. The zero-order valence-corrected chi connectivity index (χ0v) is 40.5. The molecule has 0 atom stereocenters. The third kappa shape index (κ3) is 13.2. The summed E-state index contributed by atoms with van der Waals surface area (Å²) in [6, 6.07) is 9.85. The fraction of sp³-hybridized carbons (Fsp3) is 0.308. The van der Waals surface area contributed by atoms with E-state index in [1.807, 2.05) is 32.6 Å². The molecule has 5 rings (SSSR count). The molecule has 0 fully saturated rings. The maximum atomic E-state index is 12.1. The number of aldehydes is 2. The van der Waals surface area contributed by atoms with E-state index < -0.39 is 37.0 Å². The zero-order valence-electron chi connectivity index (χ0n) is 36.4. The highest BCUT2D eigenvalue weighted by atomic mass is 32.2. The van der Waals surface area contributed by atoms with Crippen molar-refractivity contribution >= 4 is 130 Å². The van der Waals surface area contributed by atoms with Crippen molar-refractivity contribution in [3.8, 4) is 17.6 Å². The van der Waals surface area contributed by atoms with E-state index in [0.717, 1.165) is 23.1 Å². The predicted octanol–water partition coefficient (Wildman–Crippen LogP) is 8.73. The number of aromatic nitrogens is 3. The quantitative estimate of drug-likeness (QED) is 0.0165. The van der Waals surface area contributed by atoms with E-state index in [1.165, 1.54) is 20.3 Å². The molecule has 3 aromatic heterocycles. The summed E-state index contributed by atoms with van der Waals surface area (Å²) in [7, 11) is -1.98. The number of nitrogens with zero attached hydrogens (tertiary/aromatic N) is 11. The molecule has 352 valence electrons. The number of hydrogen-bond donors (Lipinski definition) is 4. The van der Waals surface area contributed by atoms with Crippen LogP contribution in [0.1, 0.15) is 52.6 Å². The topological polar surface area (TPSA) is 308 Å². The van der Waals surface area contributed by atoms with Crippen molar-refractivity contribution in [2.45, 2.75) is 37.7 Å². The summed E-state index contributed by atoms with van der Waals surface area (Å²) in [4.78, 5) is 43.7. The van der Waals surface area contributed by atoms with Crippen LogP contribution in [-0.2, 0) is 21.7 Å². The van der Waals surface area contributed by atoms with Gasteiger partial charge in [0.1, 0.15) is 44.4 Å². The van der Waals surface area contributed by atoms with Crippen LogP contribution in [0.25, 0.3) is 4.85 Å². The molecule has 0 aliphatic heterocycles. The van der Waals surface area contributed by atoms with Crippen LogP contribution < -0.4 is 29.9 Å². The van der Waals surface area contributed by atoms with Gasteiger partial charge in [-0.05, 0) is 45.9 Å². The van der Waals surface area contributed by atoms with Gasteiger partial charge in [-0.25, -0.2) is 4.85 Å². The lowest BCUT2D eigenvalue weighted by Crippen LogP contribution is -2.22. The second-order valence-electron chi connectivity index (χ2n) is 12.7. The number of anilines is 6. The first kappa shape index (κ1) is 52.8. The van der Waals surface area contributed by atoms with E-state index in [1.54, 1.807) is 30.3 Å². The van der Waals surface area contributed by atoms with Crippen molar-refractivity contribution in [2.75, 3.05) is 73.2 Å². The summed E-state index contributed by atoms with van der Waals surface area (Å²) in [5, 5.41) is 43.4. The van der Waals surface area contributed by atoms with Gasteiger partial charge in [-0.1, -0.05) is 11.8 Å². The molecule has 0 aliphatic carbocycles. The smallest absolute Gasteiger partial charge is 0.335 e. The number of hydrogen-bond acceptors (Lipinski definition) is 24. The lowest BCUT2D eigenvalue weighted by molar-refractivity contribution is 0.111. The van der Waals surface area contributed by atoms with Crippen LogP contribution >= 0.6 is 34.4 Å². The van der Waals surface area contributed by atoms with Crippen molar-refractivity contribution in [1.82, 2.24) is 15.0 Å². The highest BCUT2D eigenvalue weighted by Crippen LogP contribution is 2.45. The summed E-state index contributed by atoms with van der Waals surface area (Å²) in [6.07, 6.45) is 0.832. The van der Waals surface area contributed by atoms with Crippen LogP contribution in [0.2, 0.25) is 0 Å². The Kier molecular flexibility index (Phi) is 19.9. The molecule has 0 amide bonds. The number of benzene rings is 2. The Morgan fingerprint density at radius 3 is 1.75 bits per heavy atom. The maximum Gasteiger partial charge on any atom is 0.335 e. The summed E-state index contributed by atoms with van der Waals surface area (Å²) in [6.45, 7) is 17.7. The molecular weight excluding hydrogens is 971 g/mol. The molecule has 0 bridgehead atoms. The number of thioether (sulfide) groups is 1. The predicted molar refractivity (Wildman–Crippen MR) is 255 cm³/mol. The third-order valence-electron chi connectivity index (χ3n) is 9.03. The van der Waals surface area contributed by atoms with Crippen LogP contribution in [0.5, 0.6) is 11.5 Å². The van der Waals surface area contributed by atoms with Crippen molar-refractivity contribution in [3.05, 3.63) is 57.1 Å². The SMILES string of the molecule is O=S=O.[C-]#[N+]c1cc(C=O)sc1N=Nc1cc(OC)c(N(CC)CC)cc1Nc1nc(Nc2cc(N(CC)CC)c(OC)cc2N=Nc2sc(C=O)c(S(=O)(=O)O)c2C#N)nc(SCCO)n1. The van der Waals surface area contributed by atoms with Gasteiger partial charge in [-0.15, -0.1) is 38.0 Å². The van der Waals surface area contributed by atoms with Gasteiger partial charge in [-0.2, -0.15) is 42.2 Å². The van der Waals surface area contributed by atoms with Crippen molar-refractivity contribution in [2.24, 2.45) is 20.5 Å². The maximum absolute atomic E-state index is 12.1. The standard InChI is InChI=1S/C39H41N13O8S4.O2S/c1-8-51(9-2)29-15-24(26(17-31(29)59-6)47-49-35-23(19-40)34(64(56,57)58)33(21-55)63-35)42-37-44-38(46-39(45-37)61-13-12-53)43-25-16-30(52(10-3)11-4)32(60-7)18-27(25)48-50-36-28(41-5)14-22(20-54)62-36;1-3-2/h14-18,20-21,53H,8-13H2,1-4,6-7H3,(H,56,57,58)(H2,42,43,44,45,46);. The Morgan fingerprint density at radius 1 is 0.836 bits per heavy atom. The van der Waals surface area contributed by atoms with Gasteiger partial charge in [0, 0.05) is 44.1 Å². The monoisotopic (exact) mass is 1010 g/mol. The van der Waals surface area contributed by atoms with Gasteiger partial charge >= 0.3 is 11.6 Å². The Bertz CT molecular complexity index is 2880. The number of nitriles is 1. The molecule has 5 aromatic rings. The minimum absolute atomic E-state index is 0.00174.